The maximum absolute atomic E-state index is 13.7. The summed E-state index contributed by atoms with van der Waals surface area (Å²) in [5.41, 5.74) is 7.54. The number of carbonyl (C=O) groups excluding carboxylic acids is 4. The quantitative estimate of drug-likeness (QED) is 0.0251. The number of amides is 2. The van der Waals surface area contributed by atoms with Crippen molar-refractivity contribution in [3.63, 3.8) is 0 Å². The number of hydrogen-bond acceptors (Lipinski definition) is 11. The van der Waals surface area contributed by atoms with Crippen LogP contribution in [0, 0.1) is 23.3 Å². The topological polar surface area (TPSA) is 213 Å². The highest BCUT2D eigenvalue weighted by Gasteiger charge is 2.29. The van der Waals surface area contributed by atoms with Gasteiger partial charge in [0, 0.05) is 63.0 Å². The van der Waals surface area contributed by atoms with Crippen LogP contribution >= 0.6 is 0 Å². The van der Waals surface area contributed by atoms with Crippen molar-refractivity contribution in [3.8, 4) is 0 Å². The third kappa shape index (κ3) is 21.3. The first kappa shape index (κ1) is 61.6. The lowest BCUT2D eigenvalue weighted by Gasteiger charge is -2.31. The van der Waals surface area contributed by atoms with Gasteiger partial charge in [0.05, 0.1) is 24.3 Å². The maximum atomic E-state index is 13.7. The Morgan fingerprint density at radius 2 is 1.06 bits per heavy atom. The molecule has 0 saturated carbocycles. The van der Waals surface area contributed by atoms with E-state index in [9.17, 15) is 51.7 Å². The number of benzene rings is 4. The van der Waals surface area contributed by atoms with E-state index in [1.807, 2.05) is 0 Å². The third-order valence-corrected chi connectivity index (χ3v) is 13.5. The van der Waals surface area contributed by atoms with E-state index < -0.39 is 71.1 Å². The monoisotopic (exact) mass is 1080 g/mol. The van der Waals surface area contributed by atoms with Crippen molar-refractivity contribution < 1.29 is 66.3 Å². The molecule has 1 heterocycles. The highest BCUT2D eigenvalue weighted by Crippen LogP contribution is 2.32. The molecule has 7 rings (SSSR count). The Bertz CT molecular complexity index is 2570. The first-order chi connectivity index (χ1) is 36.6. The van der Waals surface area contributed by atoms with Crippen LogP contribution in [0.15, 0.2) is 72.8 Å². The maximum Gasteiger partial charge on any atom is 0.407 e. The van der Waals surface area contributed by atoms with E-state index in [2.05, 4.69) is 76.2 Å². The largest absolute Gasteiger partial charge is 0.481 e. The minimum absolute atomic E-state index is 0.0176. The fourth-order valence-electron chi connectivity index (χ4n) is 9.65. The average Bonchev–Trinajstić information content (AvgIpc) is 3.36. The number of alkyl carbamates (subject to hydrolysis) is 1. The van der Waals surface area contributed by atoms with Crippen molar-refractivity contribution in [1.29, 1.82) is 0 Å². The number of esters is 2. The molecule has 7 N–H and O–H groups in total. The van der Waals surface area contributed by atoms with Gasteiger partial charge in [-0.3, -0.25) is 19.2 Å². The van der Waals surface area contributed by atoms with Crippen LogP contribution in [0.2, 0.25) is 0 Å². The second-order valence-electron chi connectivity index (χ2n) is 21.0. The van der Waals surface area contributed by atoms with E-state index in [0.29, 0.717) is 30.4 Å². The first-order valence-electron chi connectivity index (χ1n) is 26.8. The van der Waals surface area contributed by atoms with Gasteiger partial charge in [0.15, 0.2) is 0 Å². The molecule has 1 aliphatic heterocycles. The van der Waals surface area contributed by atoms with Gasteiger partial charge in [-0.1, -0.05) is 50.2 Å². The van der Waals surface area contributed by atoms with E-state index in [4.69, 9.17) is 9.84 Å². The first-order valence-corrected chi connectivity index (χ1v) is 26.8. The number of carboxylic acids is 1. The van der Waals surface area contributed by atoms with Crippen LogP contribution in [0.5, 0.6) is 0 Å². The van der Waals surface area contributed by atoms with Gasteiger partial charge in [-0.15, -0.1) is 0 Å². The smallest absolute Gasteiger partial charge is 0.407 e. The van der Waals surface area contributed by atoms with Crippen molar-refractivity contribution in [3.05, 3.63) is 141 Å². The molecule has 2 amide bonds. The van der Waals surface area contributed by atoms with Crippen LogP contribution in [0.1, 0.15) is 155 Å². The molecule has 18 heteroatoms. The number of aliphatic hydroxyl groups excluding tert-OH is 2. The lowest BCUT2D eigenvalue weighted by atomic mass is 9.86. The number of aliphatic carboxylic acids is 1. The highest BCUT2D eigenvalue weighted by atomic mass is 19.1. The number of rotatable bonds is 20. The van der Waals surface area contributed by atoms with Crippen LogP contribution in [-0.4, -0.2) is 88.2 Å². The van der Waals surface area contributed by atoms with Gasteiger partial charge >= 0.3 is 24.0 Å². The summed E-state index contributed by atoms with van der Waals surface area (Å²) in [6.07, 6.45) is 6.70. The van der Waals surface area contributed by atoms with Crippen molar-refractivity contribution in [2.24, 2.45) is 0 Å². The third-order valence-electron chi connectivity index (χ3n) is 13.5. The van der Waals surface area contributed by atoms with Crippen LogP contribution in [-0.2, 0) is 67.2 Å². The Kier molecular flexibility index (Phi) is 24.1. The Hall–Kier alpha value is -6.21. The second kappa shape index (κ2) is 30.1. The lowest BCUT2D eigenvalue weighted by molar-refractivity contribution is -0.163. The molecular formula is C59H76F4N4O10. The number of ether oxygens (including phenoxy) is 2. The summed E-state index contributed by atoms with van der Waals surface area (Å²) in [5.74, 6) is -5.05. The van der Waals surface area contributed by atoms with Crippen molar-refractivity contribution in [2.75, 3.05) is 13.1 Å². The predicted molar refractivity (Wildman–Crippen MR) is 283 cm³/mol. The van der Waals surface area contributed by atoms with Gasteiger partial charge in [-0.2, -0.15) is 0 Å². The van der Waals surface area contributed by atoms with Gasteiger partial charge in [0.2, 0.25) is 5.91 Å². The molecule has 0 aromatic heterocycles. The van der Waals surface area contributed by atoms with Gasteiger partial charge in [0.25, 0.3) is 0 Å². The SMILES string of the molecule is CCc1ccc2c(c1)[C@@H](NC[C@@H](O)[C@H](Cc1cc(F)cc(F)c1)NC(=O)CCCC(=O)O)CCC2.CCc1ccc2c(c1)[C@@H](NC[C@@H](O)[C@H](Cc1cc(F)cc(F)c1)NC(=O)OC(C)(C)C)CCC2.O=C1CCCC(=O)O1. The molecule has 14 nitrogen and oxygen atoms in total. The number of fused-ring (bicyclic) bond motifs is 2. The predicted octanol–water partition coefficient (Wildman–Crippen LogP) is 9.07. The molecule has 0 radical (unpaired) electrons. The molecule has 2 aliphatic carbocycles. The van der Waals surface area contributed by atoms with E-state index in [-0.39, 0.29) is 69.2 Å². The number of cyclic esters (lactones) is 2. The molecule has 4 aromatic carbocycles. The number of nitrogens with one attached hydrogen (secondary N) is 4. The molecule has 0 bridgehead atoms. The zero-order chi connectivity index (χ0) is 56.2. The summed E-state index contributed by atoms with van der Waals surface area (Å²) in [6, 6.07) is 18.0. The van der Waals surface area contributed by atoms with Crippen LogP contribution < -0.4 is 21.3 Å². The number of halogens is 4. The highest BCUT2D eigenvalue weighted by molar-refractivity contribution is 5.87. The minimum Gasteiger partial charge on any atom is -0.481 e. The standard InChI is InChI=1S/C27H34F2N2O4.C27H36F2N2O3.C5H6O3/c1-2-17-9-10-19-5-3-6-23(22(19)13-17)30-16-25(32)24(31-26(33)7-4-8-27(34)35)14-18-11-20(28)15-21(29)12-18;1-5-17-9-10-19-7-6-8-23(22(19)13-17)30-16-25(32)24(31-26(33)34-27(2,3)4)14-18-11-20(28)15-21(29)12-18;6-4-2-1-3-5(7)8-4/h9-13,15,23-25,30,32H,2-8,14,16H2,1H3,(H,31,33)(H,34,35);9-13,15,23-25,30,32H,5-8,14,16H2,1-4H3,(H,31,33);1-3H2/t2*23-,24-,25+;/m00./s1. The van der Waals surface area contributed by atoms with Gasteiger partial charge in [-0.25, -0.2) is 22.4 Å². The molecule has 1 saturated heterocycles. The van der Waals surface area contributed by atoms with Crippen molar-refractivity contribution in [2.45, 2.75) is 179 Å². The molecule has 3 aliphatic rings. The number of aliphatic hydroxyl groups is 2. The summed E-state index contributed by atoms with van der Waals surface area (Å²) in [7, 11) is 0. The molecule has 4 aromatic rings. The van der Waals surface area contributed by atoms with Gasteiger partial charge in [0.1, 0.15) is 28.9 Å². The zero-order valence-corrected chi connectivity index (χ0v) is 44.8. The number of aryl methyl sites for hydroxylation is 4. The number of carbonyl (C=O) groups is 5. The zero-order valence-electron chi connectivity index (χ0n) is 44.8. The summed E-state index contributed by atoms with van der Waals surface area (Å²) in [5, 5.41) is 43.1. The van der Waals surface area contributed by atoms with Crippen molar-refractivity contribution >= 4 is 29.9 Å². The van der Waals surface area contributed by atoms with Crippen LogP contribution in [0.3, 0.4) is 0 Å². The summed E-state index contributed by atoms with van der Waals surface area (Å²) >= 11 is 0. The summed E-state index contributed by atoms with van der Waals surface area (Å²) in [6.45, 7) is 9.84. The Balaban J connectivity index is 0.000000248. The molecule has 1 fully saturated rings. The molecular weight excluding hydrogens is 1000 g/mol. The van der Waals surface area contributed by atoms with Crippen molar-refractivity contribution in [1.82, 2.24) is 21.3 Å². The Morgan fingerprint density at radius 3 is 1.45 bits per heavy atom. The molecule has 420 valence electrons. The molecule has 6 atom stereocenters. The Morgan fingerprint density at radius 1 is 0.623 bits per heavy atom. The fourth-order valence-corrected chi connectivity index (χ4v) is 9.65. The van der Waals surface area contributed by atoms with Crippen LogP contribution in [0.25, 0.3) is 0 Å². The number of hydrogen-bond donors (Lipinski definition) is 7. The summed E-state index contributed by atoms with van der Waals surface area (Å²) in [4.78, 5) is 56.0. The summed E-state index contributed by atoms with van der Waals surface area (Å²) < 4.78 is 64.5. The van der Waals surface area contributed by atoms with Crippen LogP contribution in [0.4, 0.5) is 22.4 Å². The molecule has 0 unspecified atom stereocenters. The van der Waals surface area contributed by atoms with E-state index in [1.54, 1.807) is 20.8 Å². The Labute approximate surface area is 449 Å². The van der Waals surface area contributed by atoms with E-state index in [0.717, 1.165) is 63.5 Å². The van der Waals surface area contributed by atoms with E-state index >= 15 is 0 Å². The van der Waals surface area contributed by atoms with E-state index in [1.165, 1.54) is 57.6 Å². The van der Waals surface area contributed by atoms with Gasteiger partial charge in [-0.05, 0) is 167 Å². The normalized spacial score (nSPS) is 17.5. The molecule has 0 spiro atoms. The lowest BCUT2D eigenvalue weighted by Crippen LogP contribution is -2.50. The molecule has 77 heavy (non-hydrogen) atoms. The second-order valence-corrected chi connectivity index (χ2v) is 21.0. The minimum atomic E-state index is -1.02. The fraction of sp³-hybridized carbons (Fsp3) is 0.508. The number of carboxylic acid groups (broad SMARTS) is 1. The average molecular weight is 1080 g/mol. The van der Waals surface area contributed by atoms with Gasteiger partial charge < -0.3 is 46.1 Å².